The van der Waals surface area contributed by atoms with Crippen LogP contribution in [0.1, 0.15) is 5.01 Å². The summed E-state index contributed by atoms with van der Waals surface area (Å²) in [4.78, 5) is 14.7. The van der Waals surface area contributed by atoms with Crippen molar-refractivity contribution in [2.45, 2.75) is 6.42 Å². The van der Waals surface area contributed by atoms with Crippen LogP contribution in [0.3, 0.4) is 0 Å². The summed E-state index contributed by atoms with van der Waals surface area (Å²) in [7, 11) is 0. The maximum absolute atomic E-state index is 10.5. The number of carboxylic acids is 1. The van der Waals surface area contributed by atoms with E-state index in [2.05, 4.69) is 4.98 Å². The minimum absolute atomic E-state index is 0.00248. The van der Waals surface area contributed by atoms with Gasteiger partial charge in [-0.05, 0) is 0 Å². The highest BCUT2D eigenvalue weighted by Crippen LogP contribution is 2.21. The van der Waals surface area contributed by atoms with Gasteiger partial charge in [0.05, 0.1) is 12.1 Å². The molecule has 0 saturated heterocycles. The standard InChI is InChI=1S/C11H9NO2S/c13-11(14)6-10-12-9(7-15-10)8-4-2-1-3-5-8/h1-5,7H,6H2,(H,13,14). The quantitative estimate of drug-likeness (QED) is 0.862. The zero-order valence-electron chi connectivity index (χ0n) is 7.88. The molecule has 1 heterocycles. The van der Waals surface area contributed by atoms with Crippen LogP contribution in [0.25, 0.3) is 11.3 Å². The predicted octanol–water partition coefficient (Wildman–Crippen LogP) is 2.44. The van der Waals surface area contributed by atoms with E-state index in [1.807, 2.05) is 35.7 Å². The summed E-state index contributed by atoms with van der Waals surface area (Å²) in [6, 6.07) is 9.73. The molecule has 4 heteroatoms. The van der Waals surface area contributed by atoms with Gasteiger partial charge in [-0.3, -0.25) is 4.79 Å². The summed E-state index contributed by atoms with van der Waals surface area (Å²) >= 11 is 1.38. The molecule has 0 fully saturated rings. The number of hydrogen-bond donors (Lipinski definition) is 1. The van der Waals surface area contributed by atoms with Crippen molar-refractivity contribution in [3.8, 4) is 11.3 Å². The van der Waals surface area contributed by atoms with E-state index < -0.39 is 5.97 Å². The molecule has 1 aromatic carbocycles. The Morgan fingerprint density at radius 2 is 2.07 bits per heavy atom. The van der Waals surface area contributed by atoms with E-state index in [0.29, 0.717) is 5.01 Å². The summed E-state index contributed by atoms with van der Waals surface area (Å²) in [5.41, 5.74) is 1.86. The summed E-state index contributed by atoms with van der Waals surface area (Å²) in [5.74, 6) is -0.844. The molecule has 2 rings (SSSR count). The van der Waals surface area contributed by atoms with Crippen molar-refractivity contribution in [3.05, 3.63) is 40.7 Å². The molecule has 1 aromatic heterocycles. The van der Waals surface area contributed by atoms with Crippen LogP contribution in [0.5, 0.6) is 0 Å². The molecule has 0 radical (unpaired) electrons. The zero-order chi connectivity index (χ0) is 10.7. The van der Waals surface area contributed by atoms with E-state index in [-0.39, 0.29) is 6.42 Å². The lowest BCUT2D eigenvalue weighted by molar-refractivity contribution is -0.136. The lowest BCUT2D eigenvalue weighted by Crippen LogP contribution is -1.99. The Balaban J connectivity index is 2.24. The number of carboxylic acid groups (broad SMARTS) is 1. The fourth-order valence-electron chi connectivity index (χ4n) is 1.26. The van der Waals surface area contributed by atoms with Crippen molar-refractivity contribution in [1.82, 2.24) is 4.98 Å². The van der Waals surface area contributed by atoms with Gasteiger partial charge in [-0.2, -0.15) is 0 Å². The van der Waals surface area contributed by atoms with Crippen LogP contribution in [0.4, 0.5) is 0 Å². The minimum atomic E-state index is -0.844. The van der Waals surface area contributed by atoms with E-state index in [9.17, 15) is 4.79 Å². The fourth-order valence-corrected chi connectivity index (χ4v) is 2.06. The number of benzene rings is 1. The van der Waals surface area contributed by atoms with E-state index in [1.165, 1.54) is 11.3 Å². The molecule has 3 nitrogen and oxygen atoms in total. The molecule has 0 spiro atoms. The van der Waals surface area contributed by atoms with Crippen LogP contribution < -0.4 is 0 Å². The highest BCUT2D eigenvalue weighted by atomic mass is 32.1. The van der Waals surface area contributed by atoms with Gasteiger partial charge in [-0.25, -0.2) is 4.98 Å². The highest BCUT2D eigenvalue weighted by molar-refractivity contribution is 7.10. The molecule has 0 amide bonds. The summed E-state index contributed by atoms with van der Waals surface area (Å²) in [6.45, 7) is 0. The van der Waals surface area contributed by atoms with Gasteiger partial charge < -0.3 is 5.11 Å². The third kappa shape index (κ3) is 2.41. The predicted molar refractivity (Wildman–Crippen MR) is 58.9 cm³/mol. The minimum Gasteiger partial charge on any atom is -0.481 e. The number of thiazole rings is 1. The Labute approximate surface area is 91.0 Å². The maximum atomic E-state index is 10.5. The topological polar surface area (TPSA) is 50.2 Å². The van der Waals surface area contributed by atoms with Crippen LogP contribution in [0.2, 0.25) is 0 Å². The SMILES string of the molecule is O=C(O)Cc1nc(-c2ccccc2)cs1. The third-order valence-electron chi connectivity index (χ3n) is 1.92. The molecule has 0 saturated carbocycles. The van der Waals surface area contributed by atoms with Crippen molar-refractivity contribution in [1.29, 1.82) is 0 Å². The molecule has 0 bridgehead atoms. The van der Waals surface area contributed by atoms with Crippen LogP contribution >= 0.6 is 11.3 Å². The largest absolute Gasteiger partial charge is 0.481 e. The molecule has 15 heavy (non-hydrogen) atoms. The first-order valence-corrected chi connectivity index (χ1v) is 5.35. The molecule has 0 aliphatic heterocycles. The maximum Gasteiger partial charge on any atom is 0.310 e. The van der Waals surface area contributed by atoms with E-state index >= 15 is 0 Å². The first-order chi connectivity index (χ1) is 7.25. The number of aliphatic carboxylic acids is 1. The van der Waals surface area contributed by atoms with Crippen LogP contribution in [0, 0.1) is 0 Å². The van der Waals surface area contributed by atoms with E-state index in [1.54, 1.807) is 0 Å². The fraction of sp³-hybridized carbons (Fsp3) is 0.0909. The molecule has 0 aliphatic rings. The second kappa shape index (κ2) is 4.23. The molecule has 0 atom stereocenters. The van der Waals surface area contributed by atoms with Gasteiger partial charge in [0.25, 0.3) is 0 Å². The lowest BCUT2D eigenvalue weighted by Gasteiger charge is -1.93. The lowest BCUT2D eigenvalue weighted by atomic mass is 10.2. The van der Waals surface area contributed by atoms with Gasteiger partial charge in [0, 0.05) is 10.9 Å². The Kier molecular flexibility index (Phi) is 2.78. The normalized spacial score (nSPS) is 10.1. The monoisotopic (exact) mass is 219 g/mol. The number of nitrogens with zero attached hydrogens (tertiary/aromatic N) is 1. The molecule has 2 aromatic rings. The van der Waals surface area contributed by atoms with E-state index in [4.69, 9.17) is 5.11 Å². The zero-order valence-corrected chi connectivity index (χ0v) is 8.70. The number of rotatable bonds is 3. The summed E-state index contributed by atoms with van der Waals surface area (Å²) in [6.07, 6.45) is -0.00248. The average molecular weight is 219 g/mol. The Morgan fingerprint density at radius 1 is 1.33 bits per heavy atom. The first kappa shape index (κ1) is 9.86. The van der Waals surface area contributed by atoms with Gasteiger partial charge >= 0.3 is 5.97 Å². The van der Waals surface area contributed by atoms with Gasteiger partial charge in [0.2, 0.25) is 0 Å². The van der Waals surface area contributed by atoms with Crippen molar-refractivity contribution >= 4 is 17.3 Å². The number of carbonyl (C=O) groups is 1. The van der Waals surface area contributed by atoms with Gasteiger partial charge in [-0.15, -0.1) is 11.3 Å². The summed E-state index contributed by atoms with van der Waals surface area (Å²) in [5, 5.41) is 11.1. The Bertz CT molecular complexity index is 464. The molecule has 0 aliphatic carbocycles. The first-order valence-electron chi connectivity index (χ1n) is 4.47. The van der Waals surface area contributed by atoms with Gasteiger partial charge in [0.15, 0.2) is 0 Å². The van der Waals surface area contributed by atoms with Crippen LogP contribution in [-0.2, 0) is 11.2 Å². The van der Waals surface area contributed by atoms with Gasteiger partial charge in [-0.1, -0.05) is 30.3 Å². The second-order valence-corrected chi connectivity index (χ2v) is 4.01. The van der Waals surface area contributed by atoms with Crippen molar-refractivity contribution in [3.63, 3.8) is 0 Å². The van der Waals surface area contributed by atoms with Gasteiger partial charge in [0.1, 0.15) is 5.01 Å². The van der Waals surface area contributed by atoms with Crippen LogP contribution in [-0.4, -0.2) is 16.1 Å². The van der Waals surface area contributed by atoms with Crippen molar-refractivity contribution < 1.29 is 9.90 Å². The molecular formula is C11H9NO2S. The highest BCUT2D eigenvalue weighted by Gasteiger charge is 2.06. The Morgan fingerprint density at radius 3 is 2.73 bits per heavy atom. The van der Waals surface area contributed by atoms with Crippen molar-refractivity contribution in [2.24, 2.45) is 0 Å². The number of hydrogen-bond acceptors (Lipinski definition) is 3. The summed E-state index contributed by atoms with van der Waals surface area (Å²) < 4.78 is 0. The number of aromatic nitrogens is 1. The molecule has 76 valence electrons. The van der Waals surface area contributed by atoms with E-state index in [0.717, 1.165) is 11.3 Å². The second-order valence-electron chi connectivity index (χ2n) is 3.06. The smallest absolute Gasteiger partial charge is 0.310 e. The average Bonchev–Trinajstić information content (AvgIpc) is 2.67. The molecule has 1 N–H and O–H groups in total. The molecule has 0 unspecified atom stereocenters. The van der Waals surface area contributed by atoms with Crippen molar-refractivity contribution in [2.75, 3.05) is 0 Å². The van der Waals surface area contributed by atoms with Crippen LogP contribution in [0.15, 0.2) is 35.7 Å². The Hall–Kier alpha value is -1.68. The third-order valence-corrected chi connectivity index (χ3v) is 2.77. The molecular weight excluding hydrogens is 210 g/mol.